The molecule has 2 rings (SSSR count). The second-order valence-corrected chi connectivity index (χ2v) is 4.75. The highest BCUT2D eigenvalue weighted by molar-refractivity contribution is 5.93. The molecule has 5 nitrogen and oxygen atoms in total. The summed E-state index contributed by atoms with van der Waals surface area (Å²) in [7, 11) is 2.06. The molecule has 3 N–H and O–H groups in total. The van der Waals surface area contributed by atoms with E-state index in [1.165, 1.54) is 0 Å². The van der Waals surface area contributed by atoms with Crippen LogP contribution in [0.4, 0.5) is 5.69 Å². The van der Waals surface area contributed by atoms with E-state index in [4.69, 9.17) is 15.9 Å². The third kappa shape index (κ3) is 3.20. The topological polar surface area (TPSA) is 75.2 Å². The third-order valence-electron chi connectivity index (χ3n) is 3.33. The van der Waals surface area contributed by atoms with Crippen molar-refractivity contribution in [3.8, 4) is 0 Å². The van der Waals surface area contributed by atoms with Crippen LogP contribution in [-0.4, -0.2) is 37.6 Å². The van der Waals surface area contributed by atoms with Gasteiger partial charge in [-0.15, -0.1) is 0 Å². The molecule has 0 spiro atoms. The highest BCUT2D eigenvalue weighted by Gasteiger charge is 2.16. The molecular weight excluding hydrogens is 228 g/mol. The maximum Gasteiger partial charge on any atom is 0.141 e. The first kappa shape index (κ1) is 12.8. The van der Waals surface area contributed by atoms with Crippen molar-refractivity contribution >= 4 is 11.5 Å². The van der Waals surface area contributed by atoms with Crippen molar-refractivity contribution in [2.24, 2.45) is 11.7 Å². The number of anilines is 1. The van der Waals surface area contributed by atoms with Crippen molar-refractivity contribution in [1.29, 1.82) is 5.41 Å². The average molecular weight is 248 g/mol. The summed E-state index contributed by atoms with van der Waals surface area (Å²) in [6.07, 6.45) is 3.94. The molecule has 0 atom stereocenters. The first-order chi connectivity index (χ1) is 8.66. The Kier molecular flexibility index (Phi) is 4.15. The highest BCUT2D eigenvalue weighted by Crippen LogP contribution is 2.20. The quantitative estimate of drug-likeness (QED) is 0.620. The van der Waals surface area contributed by atoms with Gasteiger partial charge in [0.05, 0.1) is 0 Å². The van der Waals surface area contributed by atoms with Gasteiger partial charge in [-0.05, 0) is 30.9 Å². The van der Waals surface area contributed by atoms with Crippen LogP contribution in [0.15, 0.2) is 18.3 Å². The van der Waals surface area contributed by atoms with Gasteiger partial charge in [0.2, 0.25) is 0 Å². The average Bonchev–Trinajstić information content (AvgIpc) is 2.40. The summed E-state index contributed by atoms with van der Waals surface area (Å²) in [5.41, 5.74) is 7.04. The van der Waals surface area contributed by atoms with Crippen LogP contribution >= 0.6 is 0 Å². The van der Waals surface area contributed by atoms with Gasteiger partial charge in [0.1, 0.15) is 11.5 Å². The van der Waals surface area contributed by atoms with Crippen molar-refractivity contribution in [3.05, 3.63) is 24.0 Å². The van der Waals surface area contributed by atoms with Crippen LogP contribution in [0, 0.1) is 11.3 Å². The fourth-order valence-corrected chi connectivity index (χ4v) is 2.23. The van der Waals surface area contributed by atoms with Gasteiger partial charge in [0, 0.05) is 38.7 Å². The van der Waals surface area contributed by atoms with E-state index in [1.54, 1.807) is 6.20 Å². The molecule has 0 amide bonds. The zero-order valence-electron chi connectivity index (χ0n) is 10.7. The summed E-state index contributed by atoms with van der Waals surface area (Å²) in [5.74, 6) is 0.689. The van der Waals surface area contributed by atoms with Gasteiger partial charge in [0.25, 0.3) is 0 Å². The summed E-state index contributed by atoms with van der Waals surface area (Å²) in [4.78, 5) is 6.27. The molecule has 1 aromatic heterocycles. The molecule has 1 aliphatic rings. The fourth-order valence-electron chi connectivity index (χ4n) is 2.23. The number of aromatic nitrogens is 1. The molecule has 0 aliphatic carbocycles. The summed E-state index contributed by atoms with van der Waals surface area (Å²) in [6, 6.07) is 3.81. The van der Waals surface area contributed by atoms with Crippen molar-refractivity contribution in [3.63, 3.8) is 0 Å². The molecule has 1 aliphatic heterocycles. The minimum Gasteiger partial charge on any atom is -0.382 e. The van der Waals surface area contributed by atoms with Crippen LogP contribution in [0.3, 0.4) is 0 Å². The van der Waals surface area contributed by atoms with Crippen LogP contribution < -0.4 is 10.6 Å². The predicted molar refractivity (Wildman–Crippen MR) is 72.1 cm³/mol. The van der Waals surface area contributed by atoms with E-state index in [9.17, 15) is 0 Å². The van der Waals surface area contributed by atoms with Crippen LogP contribution in [0.2, 0.25) is 0 Å². The molecule has 1 fully saturated rings. The Labute approximate surface area is 107 Å². The summed E-state index contributed by atoms with van der Waals surface area (Å²) < 4.78 is 5.36. The van der Waals surface area contributed by atoms with Gasteiger partial charge < -0.3 is 15.4 Å². The van der Waals surface area contributed by atoms with Crippen LogP contribution in [0.5, 0.6) is 0 Å². The smallest absolute Gasteiger partial charge is 0.141 e. The van der Waals surface area contributed by atoms with Crippen molar-refractivity contribution in [2.75, 3.05) is 31.7 Å². The maximum absolute atomic E-state index is 7.41. The Morgan fingerprint density at radius 2 is 2.28 bits per heavy atom. The zero-order chi connectivity index (χ0) is 13.0. The van der Waals surface area contributed by atoms with Gasteiger partial charge in [-0.3, -0.25) is 10.4 Å². The molecule has 0 unspecified atom stereocenters. The van der Waals surface area contributed by atoms with E-state index in [-0.39, 0.29) is 5.84 Å². The second-order valence-electron chi connectivity index (χ2n) is 4.75. The van der Waals surface area contributed by atoms with E-state index in [2.05, 4.69) is 16.9 Å². The number of nitrogen functional groups attached to an aromatic ring is 1. The van der Waals surface area contributed by atoms with Gasteiger partial charge in [0.15, 0.2) is 0 Å². The van der Waals surface area contributed by atoms with E-state index >= 15 is 0 Å². The summed E-state index contributed by atoms with van der Waals surface area (Å²) in [6.45, 7) is 2.74. The Morgan fingerprint density at radius 3 is 2.94 bits per heavy atom. The van der Waals surface area contributed by atoms with Crippen LogP contribution in [-0.2, 0) is 4.74 Å². The standard InChI is InChI=1S/C13H20N4O/c1-17(9-10-3-6-18-7-4-10)11-2-5-16-12(8-11)13(14)15/h2,5,8,10H,3-4,6-7,9H2,1H3,(H3,14,15). The Balaban J connectivity index is 2.01. The van der Waals surface area contributed by atoms with Gasteiger partial charge in [-0.1, -0.05) is 0 Å². The molecule has 0 bridgehead atoms. The van der Waals surface area contributed by atoms with E-state index < -0.39 is 0 Å². The number of hydrogen-bond acceptors (Lipinski definition) is 4. The molecule has 0 radical (unpaired) electrons. The highest BCUT2D eigenvalue weighted by atomic mass is 16.5. The minimum atomic E-state index is 0.0105. The second kappa shape index (κ2) is 5.82. The van der Waals surface area contributed by atoms with Crippen LogP contribution in [0.1, 0.15) is 18.5 Å². The van der Waals surface area contributed by atoms with Gasteiger partial charge >= 0.3 is 0 Å². The van der Waals surface area contributed by atoms with Gasteiger partial charge in [-0.25, -0.2) is 0 Å². The Morgan fingerprint density at radius 1 is 1.56 bits per heavy atom. The molecule has 5 heteroatoms. The molecule has 18 heavy (non-hydrogen) atoms. The molecule has 1 saturated heterocycles. The van der Waals surface area contributed by atoms with E-state index in [0.717, 1.165) is 38.3 Å². The van der Waals surface area contributed by atoms with Crippen LogP contribution in [0.25, 0.3) is 0 Å². The van der Waals surface area contributed by atoms with Gasteiger partial charge in [-0.2, -0.15) is 0 Å². The molecular formula is C13H20N4O. The molecule has 98 valence electrons. The minimum absolute atomic E-state index is 0.0105. The van der Waals surface area contributed by atoms with Crippen molar-refractivity contribution in [1.82, 2.24) is 4.98 Å². The summed E-state index contributed by atoms with van der Waals surface area (Å²) >= 11 is 0. The largest absolute Gasteiger partial charge is 0.382 e. The maximum atomic E-state index is 7.41. The number of nitrogens with two attached hydrogens (primary N) is 1. The number of nitrogens with zero attached hydrogens (tertiary/aromatic N) is 2. The normalized spacial score (nSPS) is 16.5. The molecule has 1 aromatic rings. The van der Waals surface area contributed by atoms with E-state index in [0.29, 0.717) is 11.6 Å². The molecule has 0 saturated carbocycles. The number of ether oxygens (including phenoxy) is 1. The molecule has 0 aromatic carbocycles. The lowest BCUT2D eigenvalue weighted by atomic mass is 10.00. The molecule has 2 heterocycles. The lowest BCUT2D eigenvalue weighted by Crippen LogP contribution is -2.29. The number of rotatable bonds is 4. The Hall–Kier alpha value is -1.62. The number of nitrogens with one attached hydrogen (secondary N) is 1. The SMILES string of the molecule is CN(CC1CCOCC1)c1ccnc(C(=N)N)c1. The van der Waals surface area contributed by atoms with Crippen molar-refractivity contribution < 1.29 is 4.74 Å². The zero-order valence-corrected chi connectivity index (χ0v) is 10.7. The predicted octanol–water partition coefficient (Wildman–Crippen LogP) is 1.23. The number of amidine groups is 1. The van der Waals surface area contributed by atoms with E-state index in [1.807, 2.05) is 12.1 Å². The van der Waals surface area contributed by atoms with Crippen molar-refractivity contribution in [2.45, 2.75) is 12.8 Å². The third-order valence-corrected chi connectivity index (χ3v) is 3.33. The monoisotopic (exact) mass is 248 g/mol. The number of pyridine rings is 1. The lowest BCUT2D eigenvalue weighted by molar-refractivity contribution is 0.0685. The first-order valence-electron chi connectivity index (χ1n) is 6.26. The fraction of sp³-hybridized carbons (Fsp3) is 0.538. The first-order valence-corrected chi connectivity index (χ1v) is 6.26. The lowest BCUT2D eigenvalue weighted by Gasteiger charge is -2.28. The number of hydrogen-bond donors (Lipinski definition) is 2. The summed E-state index contributed by atoms with van der Waals surface area (Å²) in [5, 5.41) is 7.41. The Bertz CT molecular complexity index is 415.